The average Bonchev–Trinajstić information content (AvgIpc) is 2.94. The van der Waals surface area contributed by atoms with E-state index in [-0.39, 0.29) is 75.2 Å². The first-order chi connectivity index (χ1) is 20.7. The van der Waals surface area contributed by atoms with Crippen molar-refractivity contribution in [2.24, 2.45) is 50.2 Å². The maximum absolute atomic E-state index is 14.6. The maximum Gasteiger partial charge on any atom is 0.322 e. The highest BCUT2D eigenvalue weighted by atomic mass is 16.4. The second-order valence-corrected chi connectivity index (χ2v) is 17.8. The molecule has 8 heteroatoms. The molecule has 4 fully saturated rings. The zero-order valence-electron chi connectivity index (χ0n) is 29.2. The molecule has 3 N–H and O–H groups in total. The van der Waals surface area contributed by atoms with Crippen LogP contribution in [0.25, 0.3) is 0 Å². The molecular weight excluding hydrogens is 568 g/mol. The van der Waals surface area contributed by atoms with Gasteiger partial charge in [0, 0.05) is 17.4 Å². The van der Waals surface area contributed by atoms with Gasteiger partial charge >= 0.3 is 5.97 Å². The Morgan fingerprint density at radius 1 is 0.956 bits per heavy atom. The van der Waals surface area contributed by atoms with Crippen LogP contribution in [0.3, 0.4) is 0 Å². The Morgan fingerprint density at radius 3 is 2.22 bits per heavy atom. The van der Waals surface area contributed by atoms with Crippen LogP contribution in [0.4, 0.5) is 0 Å². The van der Waals surface area contributed by atoms with Crippen molar-refractivity contribution >= 4 is 23.6 Å². The van der Waals surface area contributed by atoms with Gasteiger partial charge in [-0.1, -0.05) is 54.0 Å². The van der Waals surface area contributed by atoms with Gasteiger partial charge in [-0.15, -0.1) is 0 Å². The lowest BCUT2D eigenvalue weighted by Gasteiger charge is -2.70. The van der Waals surface area contributed by atoms with E-state index in [9.17, 15) is 24.3 Å². The van der Waals surface area contributed by atoms with E-state index >= 15 is 0 Å². The van der Waals surface area contributed by atoms with Gasteiger partial charge in [0.2, 0.25) is 11.8 Å². The number of carboxylic acid groups (broad SMARTS) is 1. The van der Waals surface area contributed by atoms with Crippen LogP contribution < -0.4 is 5.32 Å². The lowest BCUT2D eigenvalue weighted by atomic mass is 9.33. The number of nitrogens with one attached hydrogen (secondary N) is 1. The van der Waals surface area contributed by atoms with Crippen molar-refractivity contribution in [1.82, 2.24) is 10.2 Å². The van der Waals surface area contributed by atoms with Gasteiger partial charge in [0.05, 0.1) is 12.6 Å². The fourth-order valence-corrected chi connectivity index (χ4v) is 11.6. The molecule has 2 amide bonds. The standard InChI is InChI=1S/C37H58N2O6/c1-22(2)39(21-28(42)38-20-29(43)44)31(45)34(6)15-14-33(5)16-17-36(8)23(24(33)19-34)18-25(40)30-35(7)12-11-27(41)32(3,4)26(35)10-13-37(30,36)9/h18,22,24,26-27,30,41H,10-17,19-21H2,1-9H3,(H,38,42)(H,43,44)/t24-,26-,27-,30+,33+,34-,35-,36+,37+/m0/s1. The molecule has 0 spiro atoms. The Hall–Kier alpha value is -2.22. The molecule has 0 aliphatic heterocycles. The van der Waals surface area contributed by atoms with Crippen molar-refractivity contribution in [3.05, 3.63) is 11.6 Å². The molecule has 0 bridgehead atoms. The van der Waals surface area contributed by atoms with Crippen LogP contribution in [0.15, 0.2) is 11.6 Å². The van der Waals surface area contributed by atoms with Crippen LogP contribution in [0.2, 0.25) is 0 Å². The number of carboxylic acids is 1. The normalized spacial score (nSPS) is 43.6. The van der Waals surface area contributed by atoms with E-state index in [1.807, 2.05) is 26.8 Å². The molecule has 252 valence electrons. The van der Waals surface area contributed by atoms with Gasteiger partial charge in [0.15, 0.2) is 5.78 Å². The van der Waals surface area contributed by atoms with E-state index in [4.69, 9.17) is 5.11 Å². The third-order valence-corrected chi connectivity index (χ3v) is 14.7. The Labute approximate surface area is 270 Å². The zero-order chi connectivity index (χ0) is 33.5. The third-order valence-electron chi connectivity index (χ3n) is 14.7. The summed E-state index contributed by atoms with van der Waals surface area (Å²) in [5, 5.41) is 22.4. The summed E-state index contributed by atoms with van der Waals surface area (Å²) < 4.78 is 0. The SMILES string of the molecule is CC(C)N(CC(=O)NCC(=O)O)C(=O)[C@@]1(C)CC[C@]2(C)CC[C@]3(C)C(=CC(=O)[C@@H]4[C@@]5(C)CC[C@H](O)C(C)(C)[C@@H]5CC[C@]43C)[C@@H]2C1. The number of aliphatic hydroxyl groups is 1. The van der Waals surface area contributed by atoms with Gasteiger partial charge in [-0.05, 0) is 117 Å². The number of aliphatic hydroxyl groups excluding tert-OH is 1. The number of rotatable bonds is 6. The topological polar surface area (TPSA) is 124 Å². The molecule has 45 heavy (non-hydrogen) atoms. The molecule has 0 saturated heterocycles. The number of allylic oxidation sites excluding steroid dienone is 2. The van der Waals surface area contributed by atoms with Gasteiger partial charge in [-0.25, -0.2) is 0 Å². The van der Waals surface area contributed by atoms with E-state index < -0.39 is 23.8 Å². The predicted molar refractivity (Wildman–Crippen MR) is 173 cm³/mol. The second-order valence-electron chi connectivity index (χ2n) is 17.8. The molecule has 5 aliphatic rings. The van der Waals surface area contributed by atoms with E-state index in [2.05, 4.69) is 46.9 Å². The quantitative estimate of drug-likeness (QED) is 0.344. The summed E-state index contributed by atoms with van der Waals surface area (Å²) in [4.78, 5) is 54.1. The van der Waals surface area contributed by atoms with Crippen molar-refractivity contribution in [1.29, 1.82) is 0 Å². The second kappa shape index (κ2) is 10.9. The largest absolute Gasteiger partial charge is 0.480 e. The third kappa shape index (κ3) is 5.02. The van der Waals surface area contributed by atoms with Gasteiger partial charge in [-0.2, -0.15) is 0 Å². The van der Waals surface area contributed by atoms with E-state index in [1.54, 1.807) is 4.90 Å². The molecule has 9 atom stereocenters. The lowest BCUT2D eigenvalue weighted by molar-refractivity contribution is -0.202. The number of aliphatic carboxylic acids is 1. The molecule has 0 aromatic rings. The van der Waals surface area contributed by atoms with Crippen LogP contribution in [0.1, 0.15) is 120 Å². The molecule has 5 aliphatic carbocycles. The van der Waals surface area contributed by atoms with Gasteiger partial charge < -0.3 is 20.4 Å². The molecule has 4 saturated carbocycles. The summed E-state index contributed by atoms with van der Waals surface area (Å²) in [5.74, 6) is -1.14. The summed E-state index contributed by atoms with van der Waals surface area (Å²) in [5.41, 5.74) is -0.241. The van der Waals surface area contributed by atoms with E-state index in [0.29, 0.717) is 12.8 Å². The number of amides is 2. The fraction of sp³-hybridized carbons (Fsp3) is 0.838. The highest BCUT2D eigenvalue weighted by Crippen LogP contribution is 2.75. The van der Waals surface area contributed by atoms with Crippen LogP contribution in [-0.2, 0) is 19.2 Å². The van der Waals surface area contributed by atoms with Crippen LogP contribution >= 0.6 is 0 Å². The summed E-state index contributed by atoms with van der Waals surface area (Å²) in [6.45, 7) is 19.0. The smallest absolute Gasteiger partial charge is 0.322 e. The number of hydrogen-bond donors (Lipinski definition) is 3. The van der Waals surface area contributed by atoms with Gasteiger partial charge in [0.1, 0.15) is 6.54 Å². The first kappa shape index (κ1) is 34.1. The predicted octanol–water partition coefficient (Wildman–Crippen LogP) is 5.77. The van der Waals surface area contributed by atoms with Crippen LogP contribution in [-0.4, -0.2) is 63.9 Å². The molecule has 0 unspecified atom stereocenters. The first-order valence-corrected chi connectivity index (χ1v) is 17.4. The van der Waals surface area contributed by atoms with Crippen molar-refractivity contribution in [3.63, 3.8) is 0 Å². The van der Waals surface area contributed by atoms with Crippen LogP contribution in [0, 0.1) is 50.2 Å². The minimum absolute atomic E-state index is 0.00578. The molecule has 8 nitrogen and oxygen atoms in total. The molecule has 5 rings (SSSR count). The van der Waals surface area contributed by atoms with Crippen molar-refractivity contribution in [2.45, 2.75) is 132 Å². The summed E-state index contributed by atoms with van der Waals surface area (Å²) in [6, 6.07) is -0.223. The number of nitrogens with zero attached hydrogens (tertiary/aromatic N) is 1. The molecular formula is C37H58N2O6. The lowest BCUT2D eigenvalue weighted by Crippen LogP contribution is -2.66. The Bertz CT molecular complexity index is 1310. The summed E-state index contributed by atoms with van der Waals surface area (Å²) >= 11 is 0. The molecule has 0 heterocycles. The maximum atomic E-state index is 14.6. The fourth-order valence-electron chi connectivity index (χ4n) is 11.6. The number of ketones is 1. The Balaban J connectivity index is 1.49. The summed E-state index contributed by atoms with van der Waals surface area (Å²) in [6.07, 6.45) is 9.57. The van der Waals surface area contributed by atoms with Crippen LogP contribution in [0.5, 0.6) is 0 Å². The van der Waals surface area contributed by atoms with Gasteiger partial charge in [0.25, 0.3) is 0 Å². The van der Waals surface area contributed by atoms with E-state index in [1.165, 1.54) is 5.57 Å². The molecule has 0 aromatic heterocycles. The molecule has 0 radical (unpaired) electrons. The highest BCUT2D eigenvalue weighted by molar-refractivity contribution is 5.96. The monoisotopic (exact) mass is 626 g/mol. The summed E-state index contributed by atoms with van der Waals surface area (Å²) in [7, 11) is 0. The Morgan fingerprint density at radius 2 is 1.60 bits per heavy atom. The zero-order valence-corrected chi connectivity index (χ0v) is 29.2. The van der Waals surface area contributed by atoms with Crippen molar-refractivity contribution in [2.75, 3.05) is 13.1 Å². The van der Waals surface area contributed by atoms with E-state index in [0.717, 1.165) is 44.9 Å². The van der Waals surface area contributed by atoms with Gasteiger partial charge in [-0.3, -0.25) is 19.2 Å². The minimum Gasteiger partial charge on any atom is -0.480 e. The van der Waals surface area contributed by atoms with Crippen molar-refractivity contribution < 1.29 is 29.4 Å². The molecule has 0 aromatic carbocycles. The highest BCUT2D eigenvalue weighted by Gasteiger charge is 2.70. The number of hydrogen-bond acceptors (Lipinski definition) is 5. The number of fused-ring (bicyclic) bond motifs is 7. The number of carbonyl (C=O) groups is 4. The average molecular weight is 627 g/mol. The first-order valence-electron chi connectivity index (χ1n) is 17.4. The Kier molecular flexibility index (Phi) is 8.28. The number of carbonyl (C=O) groups excluding carboxylic acids is 3. The van der Waals surface area contributed by atoms with Crippen molar-refractivity contribution in [3.8, 4) is 0 Å². The minimum atomic E-state index is -1.12.